The number of benzene rings is 2. The topological polar surface area (TPSA) is 301 Å². The van der Waals surface area contributed by atoms with E-state index in [2.05, 4.69) is 137 Å². The highest BCUT2D eigenvalue weighted by Crippen LogP contribution is 2.37. The summed E-state index contributed by atoms with van der Waals surface area (Å²) in [6.07, 6.45) is 23.9. The Balaban J connectivity index is 0.000000172. The second-order valence-corrected chi connectivity index (χ2v) is 35.8. The molecule has 6 N–H and O–H groups in total. The van der Waals surface area contributed by atoms with Crippen LogP contribution in [0.3, 0.4) is 0 Å². The molecule has 30 heteroatoms. The largest absolute Gasteiger partial charge is 0.445 e. The fraction of sp³-hybridized carbons (Fsp3) is 0.455. The van der Waals surface area contributed by atoms with Crippen LogP contribution >= 0.6 is 69.3 Å². The van der Waals surface area contributed by atoms with Crippen LogP contribution in [0.15, 0.2) is 150 Å². The average Bonchev–Trinajstić information content (AvgIpc) is 1.58. The SMILES string of the molecule is C=CC(=O)NC1CCC(C(=O)N2CCC[C@@H](Nc3ncc(SCc4ncc(C(C)(C)C)o4)s3)C2)CC1.C=CC(=O)Nc1ccc(C(=O)N2CCC[C@@H](Nc3ncc(SCc4ncc(C(C)(C)C)o4)s3)C2)cc1.C=CC(=O)Nc1ccc(C(=O)N2CCC[C@H](Nc3ncc(SCc4ncc(C(C)C)o4)s3)C2)cc1. The second-order valence-electron chi connectivity index (χ2n) is 28.9. The fourth-order valence-electron chi connectivity index (χ4n) is 12.2. The lowest BCUT2D eigenvalue weighted by Gasteiger charge is -2.37. The van der Waals surface area contributed by atoms with E-state index >= 15 is 0 Å². The number of thiazole rings is 3. The maximum atomic E-state index is 13.2. The molecule has 0 bridgehead atoms. The molecule has 0 radical (unpaired) electrons. The first-order chi connectivity index (χ1) is 51.3. The number of likely N-dealkylation sites (tertiary alicyclic amines) is 3. The van der Waals surface area contributed by atoms with Crippen LogP contribution in [0.1, 0.15) is 181 Å². The number of nitrogens with one attached hydrogen (secondary N) is 6. The van der Waals surface area contributed by atoms with Crippen molar-refractivity contribution < 1.29 is 42.0 Å². The highest BCUT2D eigenvalue weighted by Gasteiger charge is 2.34. The van der Waals surface area contributed by atoms with Gasteiger partial charge in [-0.3, -0.25) is 28.8 Å². The lowest BCUT2D eigenvalue weighted by atomic mass is 9.84. The molecule has 4 aliphatic rings. The standard InChI is InChI=1S/C26H37N5O3S2.C26H31N5O3S2.C25H29N5O3S2/c2*1-5-21(32)29-18-10-8-17(9-11-18)24(33)31-12-6-7-19(15-31)30-25-28-14-23(36-25)35-16-22-27-13-20(34-22)26(2,3)4;1-4-21(31)28-18-9-7-17(8-10-18)24(32)30-11-5-6-19(14-30)29-25-27-13-23(35-25)34-15-22-26-12-20(33-22)16(2)3/h5,13-14,17-19H,1,6-12,15-16H2,2-4H3,(H,28,30)(H,29,32);5,8-11,13-14,19H,1,6-7,12,15-16H2,2-4H3,(H,28,30)(H,29,32);4,7-10,12-13,16,19H,1,5-6,11,14-15H2,2-3H3,(H,27,29)(H,28,31)/t17?,18?,19-;2*19-/m110/s1. The van der Waals surface area contributed by atoms with E-state index in [1.54, 1.807) is 130 Å². The van der Waals surface area contributed by atoms with Gasteiger partial charge in [-0.15, -0.1) is 35.3 Å². The Labute approximate surface area is 650 Å². The summed E-state index contributed by atoms with van der Waals surface area (Å²) in [5.41, 5.74) is 2.35. The summed E-state index contributed by atoms with van der Waals surface area (Å²) in [7, 11) is 0. The summed E-state index contributed by atoms with van der Waals surface area (Å²) in [6, 6.07) is 14.5. The number of hydrogen-bond donors (Lipinski definition) is 6. The molecule has 1 aliphatic carbocycles. The van der Waals surface area contributed by atoms with E-state index in [-0.39, 0.29) is 76.4 Å². The zero-order chi connectivity index (χ0) is 76.2. The van der Waals surface area contributed by atoms with Crippen LogP contribution in [-0.2, 0) is 47.3 Å². The number of rotatable bonds is 25. The van der Waals surface area contributed by atoms with Gasteiger partial charge < -0.3 is 59.9 Å². The lowest BCUT2D eigenvalue weighted by molar-refractivity contribution is -0.137. The first-order valence-electron chi connectivity index (χ1n) is 36.1. The summed E-state index contributed by atoms with van der Waals surface area (Å²) < 4.78 is 20.8. The number of anilines is 5. The summed E-state index contributed by atoms with van der Waals surface area (Å²) in [6.45, 7) is 31.4. The predicted octanol–water partition coefficient (Wildman–Crippen LogP) is 15.9. The van der Waals surface area contributed by atoms with Crippen LogP contribution in [-0.4, -0.2) is 143 Å². The Morgan fingerprint density at radius 1 is 0.486 bits per heavy atom. The van der Waals surface area contributed by atoms with Crippen molar-refractivity contribution in [3.05, 3.63) is 170 Å². The first-order valence-corrected chi connectivity index (χ1v) is 41.5. The van der Waals surface area contributed by atoms with Crippen molar-refractivity contribution in [3.63, 3.8) is 0 Å². The van der Waals surface area contributed by atoms with Crippen LogP contribution < -0.4 is 31.9 Å². The molecule has 3 aliphatic heterocycles. The van der Waals surface area contributed by atoms with Crippen molar-refractivity contribution in [2.45, 2.75) is 190 Å². The fourth-order valence-corrected chi connectivity index (χ4v) is 17.6. The highest BCUT2D eigenvalue weighted by atomic mass is 32.2. The van der Waals surface area contributed by atoms with Gasteiger partial charge in [0.2, 0.25) is 41.3 Å². The summed E-state index contributed by atoms with van der Waals surface area (Å²) in [4.78, 5) is 106. The van der Waals surface area contributed by atoms with E-state index in [0.717, 1.165) is 141 Å². The van der Waals surface area contributed by atoms with Gasteiger partial charge in [0.1, 0.15) is 17.3 Å². The van der Waals surface area contributed by atoms with Crippen molar-refractivity contribution in [2.75, 3.05) is 65.9 Å². The maximum Gasteiger partial charge on any atom is 0.253 e. The van der Waals surface area contributed by atoms with Crippen molar-refractivity contribution in [1.29, 1.82) is 0 Å². The Morgan fingerprint density at radius 3 is 1.22 bits per heavy atom. The molecule has 1 saturated carbocycles. The normalized spacial score (nSPS) is 18.2. The summed E-state index contributed by atoms with van der Waals surface area (Å²) in [5, 5.41) is 21.5. The smallest absolute Gasteiger partial charge is 0.253 e. The van der Waals surface area contributed by atoms with Crippen molar-refractivity contribution >= 4 is 132 Å². The molecule has 0 spiro atoms. The van der Waals surface area contributed by atoms with Gasteiger partial charge in [0.15, 0.2) is 15.4 Å². The predicted molar refractivity (Wildman–Crippen MR) is 429 cm³/mol. The molecule has 107 heavy (non-hydrogen) atoms. The van der Waals surface area contributed by atoms with Crippen molar-refractivity contribution in [1.82, 2.24) is 49.9 Å². The van der Waals surface area contributed by atoms with Gasteiger partial charge in [0, 0.05) is 109 Å². The molecule has 8 aromatic rings. The zero-order valence-corrected chi connectivity index (χ0v) is 66.9. The Kier molecular flexibility index (Phi) is 29.1. The number of carbonyl (C=O) groups is 6. The molecule has 2 aromatic carbocycles. The molecule has 4 fully saturated rings. The number of oxazole rings is 3. The molecule has 6 amide bonds. The number of nitrogens with zero attached hydrogens (tertiary/aromatic N) is 9. The van der Waals surface area contributed by atoms with Crippen LogP contribution in [0.5, 0.6) is 0 Å². The van der Waals surface area contributed by atoms with E-state index in [0.29, 0.717) is 71.2 Å². The minimum absolute atomic E-state index is 0.0137. The number of piperidine rings is 3. The number of carbonyl (C=O) groups excluding carboxylic acids is 6. The summed E-state index contributed by atoms with van der Waals surface area (Å²) in [5.74, 6) is 6.74. The number of amides is 6. The maximum absolute atomic E-state index is 13.2. The van der Waals surface area contributed by atoms with Crippen molar-refractivity contribution in [3.8, 4) is 0 Å². The van der Waals surface area contributed by atoms with Crippen molar-refractivity contribution in [2.24, 2.45) is 5.92 Å². The highest BCUT2D eigenvalue weighted by molar-refractivity contribution is 8.01. The van der Waals surface area contributed by atoms with Gasteiger partial charge in [-0.2, -0.15) is 0 Å². The lowest BCUT2D eigenvalue weighted by Crippen LogP contribution is -2.48. The van der Waals surface area contributed by atoms with Crippen LogP contribution in [0.25, 0.3) is 0 Å². The molecule has 6 aromatic heterocycles. The molecule has 3 atom stereocenters. The number of thioether (sulfide) groups is 3. The van der Waals surface area contributed by atoms with E-state index < -0.39 is 0 Å². The Hall–Kier alpha value is -8.55. The Bertz CT molecular complexity index is 4290. The number of hydrogen-bond acceptors (Lipinski definition) is 24. The van der Waals surface area contributed by atoms with Crippen LogP contribution in [0, 0.1) is 5.92 Å². The van der Waals surface area contributed by atoms with Crippen LogP contribution in [0.4, 0.5) is 26.8 Å². The van der Waals surface area contributed by atoms with E-state index in [1.165, 1.54) is 18.2 Å². The third-order valence-electron chi connectivity index (χ3n) is 18.1. The molecule has 570 valence electrons. The summed E-state index contributed by atoms with van der Waals surface area (Å²) >= 11 is 9.81. The molecule has 12 rings (SSSR count). The third kappa shape index (κ3) is 24.5. The average molecular weight is 1570 g/mol. The van der Waals surface area contributed by atoms with E-state index in [4.69, 9.17) is 13.3 Å². The Morgan fingerprint density at radius 2 is 0.860 bits per heavy atom. The molecule has 9 heterocycles. The van der Waals surface area contributed by atoms with Gasteiger partial charge >= 0.3 is 0 Å². The van der Waals surface area contributed by atoms with E-state index in [1.807, 2.05) is 39.5 Å². The van der Waals surface area contributed by atoms with Gasteiger partial charge in [0.25, 0.3) is 11.8 Å². The monoisotopic (exact) mass is 1570 g/mol. The zero-order valence-electron chi connectivity index (χ0n) is 62.0. The molecule has 24 nitrogen and oxygen atoms in total. The quantitative estimate of drug-likeness (QED) is 0.0229. The van der Waals surface area contributed by atoms with Gasteiger partial charge in [-0.05, 0) is 131 Å². The molecular formula is C77H97N15O9S6. The minimum atomic E-state index is -0.282. The molecule has 0 unspecified atom stereocenters. The number of aromatic nitrogens is 6. The minimum Gasteiger partial charge on any atom is -0.445 e. The second kappa shape index (κ2) is 38.5. The third-order valence-corrected chi connectivity index (χ3v) is 24.4. The van der Waals surface area contributed by atoms with Gasteiger partial charge in [-0.25, -0.2) is 29.9 Å². The van der Waals surface area contributed by atoms with E-state index in [9.17, 15) is 28.8 Å². The molecular weight excluding hydrogens is 1470 g/mol. The first kappa shape index (κ1) is 81.0. The molecule has 3 saturated heterocycles. The van der Waals surface area contributed by atoms with Crippen LogP contribution in [0.2, 0.25) is 0 Å². The van der Waals surface area contributed by atoms with Gasteiger partial charge in [0.05, 0.1) is 67.1 Å². The van der Waals surface area contributed by atoms with Gasteiger partial charge in [-0.1, -0.05) is 109 Å².